The molecule has 2 aromatic rings. The zero-order valence-corrected chi connectivity index (χ0v) is 14.9. The monoisotopic (exact) mass is 375 g/mol. The predicted molar refractivity (Wildman–Crippen MR) is 98.6 cm³/mol. The van der Waals surface area contributed by atoms with Crippen molar-refractivity contribution in [2.24, 2.45) is 0 Å². The molecule has 2 aromatic carbocycles. The Morgan fingerprint density at radius 2 is 1.63 bits per heavy atom. The van der Waals surface area contributed by atoms with Gasteiger partial charge in [0, 0.05) is 12.2 Å². The van der Waals surface area contributed by atoms with E-state index in [-0.39, 0.29) is 16.2 Å². The summed E-state index contributed by atoms with van der Waals surface area (Å²) in [6.45, 7) is 0.386. The smallest absolute Gasteiger partial charge is 0.264 e. The van der Waals surface area contributed by atoms with Gasteiger partial charge in [0.1, 0.15) is 23.9 Å². The molecule has 1 aliphatic rings. The highest BCUT2D eigenvalue weighted by molar-refractivity contribution is 7.92. The van der Waals surface area contributed by atoms with E-state index in [4.69, 9.17) is 15.8 Å². The molecule has 0 fully saturated rings. The van der Waals surface area contributed by atoms with Gasteiger partial charge in [-0.3, -0.25) is 4.31 Å². The van der Waals surface area contributed by atoms with Crippen LogP contribution >= 0.6 is 0 Å². The van der Waals surface area contributed by atoms with Gasteiger partial charge in [-0.05, 0) is 42.3 Å². The van der Waals surface area contributed by atoms with E-state index in [2.05, 4.69) is 5.32 Å². The van der Waals surface area contributed by atoms with E-state index in [1.54, 1.807) is 30.3 Å². The van der Waals surface area contributed by atoms with Crippen LogP contribution < -0.4 is 9.62 Å². The van der Waals surface area contributed by atoms with Crippen molar-refractivity contribution < 1.29 is 8.42 Å². The molecular formula is C19H13N5O2S. The number of anilines is 2. The third-order valence-corrected chi connectivity index (χ3v) is 5.97. The highest BCUT2D eigenvalue weighted by Gasteiger charge is 2.30. The van der Waals surface area contributed by atoms with Crippen molar-refractivity contribution in [2.45, 2.75) is 11.3 Å². The maximum absolute atomic E-state index is 12.9. The minimum Gasteiger partial charge on any atom is -0.345 e. The lowest BCUT2D eigenvalue weighted by Gasteiger charge is -2.19. The number of benzene rings is 2. The summed E-state index contributed by atoms with van der Waals surface area (Å²) in [6, 6.07) is 18.2. The van der Waals surface area contributed by atoms with Crippen LogP contribution in [0.1, 0.15) is 5.56 Å². The molecule has 0 saturated carbocycles. The fourth-order valence-corrected chi connectivity index (χ4v) is 4.33. The maximum atomic E-state index is 12.9. The largest absolute Gasteiger partial charge is 0.345 e. The summed E-state index contributed by atoms with van der Waals surface area (Å²) < 4.78 is 27.3. The number of nitriles is 3. The lowest BCUT2D eigenvalue weighted by atomic mass is 10.2. The maximum Gasteiger partial charge on any atom is 0.264 e. The predicted octanol–water partition coefficient (Wildman–Crippen LogP) is 2.67. The zero-order chi connectivity index (χ0) is 19.4. The molecule has 1 aliphatic heterocycles. The fourth-order valence-electron chi connectivity index (χ4n) is 2.82. The van der Waals surface area contributed by atoms with E-state index in [1.807, 2.05) is 12.1 Å². The topological polar surface area (TPSA) is 121 Å². The number of para-hydroxylation sites is 1. The molecule has 0 saturated heterocycles. The van der Waals surface area contributed by atoms with Crippen LogP contribution in [0.25, 0.3) is 0 Å². The number of fused-ring (bicyclic) bond motifs is 1. The summed E-state index contributed by atoms with van der Waals surface area (Å²) in [6.07, 6.45) is 0.663. The second-order valence-electron chi connectivity index (χ2n) is 5.69. The summed E-state index contributed by atoms with van der Waals surface area (Å²) in [5.74, 6) is 0. The van der Waals surface area contributed by atoms with E-state index >= 15 is 0 Å². The molecule has 0 radical (unpaired) electrons. The van der Waals surface area contributed by atoms with Crippen molar-refractivity contribution in [3.05, 3.63) is 65.4 Å². The lowest BCUT2D eigenvalue weighted by Crippen LogP contribution is -2.29. The second kappa shape index (κ2) is 7.21. The first-order chi connectivity index (χ1) is 13.0. The van der Waals surface area contributed by atoms with Crippen LogP contribution in [0.2, 0.25) is 0 Å². The molecule has 132 valence electrons. The molecule has 0 aromatic heterocycles. The Labute approximate surface area is 157 Å². The van der Waals surface area contributed by atoms with Crippen LogP contribution in [0, 0.1) is 34.0 Å². The Hall–Kier alpha value is -3.80. The van der Waals surface area contributed by atoms with Crippen LogP contribution in [0.4, 0.5) is 11.4 Å². The highest BCUT2D eigenvalue weighted by atomic mass is 32.2. The van der Waals surface area contributed by atoms with E-state index in [0.29, 0.717) is 24.3 Å². The van der Waals surface area contributed by atoms with Gasteiger partial charge in [0.2, 0.25) is 0 Å². The molecule has 7 nitrogen and oxygen atoms in total. The molecule has 1 heterocycles. The van der Waals surface area contributed by atoms with Crippen LogP contribution in [0.3, 0.4) is 0 Å². The fraction of sp³-hybridized carbons (Fsp3) is 0.105. The van der Waals surface area contributed by atoms with Gasteiger partial charge in [-0.25, -0.2) is 8.42 Å². The second-order valence-corrected chi connectivity index (χ2v) is 7.55. The van der Waals surface area contributed by atoms with E-state index in [0.717, 1.165) is 5.56 Å². The van der Waals surface area contributed by atoms with Gasteiger partial charge >= 0.3 is 0 Å². The van der Waals surface area contributed by atoms with Gasteiger partial charge in [-0.15, -0.1) is 0 Å². The average molecular weight is 375 g/mol. The van der Waals surface area contributed by atoms with Gasteiger partial charge in [-0.1, -0.05) is 18.2 Å². The molecular weight excluding hydrogens is 362 g/mol. The molecule has 0 aliphatic carbocycles. The minimum atomic E-state index is -3.70. The first kappa shape index (κ1) is 18.0. The summed E-state index contributed by atoms with van der Waals surface area (Å²) in [5, 5.41) is 29.4. The number of rotatable bonds is 4. The Kier molecular flexibility index (Phi) is 4.81. The Morgan fingerprint density at radius 3 is 2.26 bits per heavy atom. The van der Waals surface area contributed by atoms with Crippen molar-refractivity contribution in [1.82, 2.24) is 0 Å². The Bertz CT molecular complexity index is 1130. The van der Waals surface area contributed by atoms with Gasteiger partial charge in [-0.2, -0.15) is 15.8 Å². The summed E-state index contributed by atoms with van der Waals surface area (Å²) in [4.78, 5) is 0.119. The van der Waals surface area contributed by atoms with E-state index < -0.39 is 10.0 Å². The third kappa shape index (κ3) is 3.32. The number of hydrogen-bond acceptors (Lipinski definition) is 6. The number of sulfonamides is 1. The molecule has 0 spiro atoms. The molecule has 8 heteroatoms. The molecule has 1 N–H and O–H groups in total. The number of allylic oxidation sites excluding steroid dienone is 2. The quantitative estimate of drug-likeness (QED) is 0.820. The van der Waals surface area contributed by atoms with Crippen molar-refractivity contribution in [3.63, 3.8) is 0 Å². The van der Waals surface area contributed by atoms with Crippen LogP contribution in [0.15, 0.2) is 64.7 Å². The van der Waals surface area contributed by atoms with E-state index in [9.17, 15) is 8.42 Å². The number of nitrogens with zero attached hydrogens (tertiary/aromatic N) is 4. The summed E-state index contributed by atoms with van der Waals surface area (Å²) in [7, 11) is -3.70. The summed E-state index contributed by atoms with van der Waals surface area (Å²) in [5.41, 5.74) is 1.54. The highest BCUT2D eigenvalue weighted by Crippen LogP contribution is 2.32. The Balaban J connectivity index is 1.88. The van der Waals surface area contributed by atoms with Crippen LogP contribution in [0.5, 0.6) is 0 Å². The first-order valence-corrected chi connectivity index (χ1v) is 9.37. The van der Waals surface area contributed by atoms with Crippen molar-refractivity contribution in [1.29, 1.82) is 15.8 Å². The third-order valence-electron chi connectivity index (χ3n) is 4.14. The normalized spacial score (nSPS) is 12.3. The van der Waals surface area contributed by atoms with Gasteiger partial charge in [0.05, 0.1) is 10.6 Å². The zero-order valence-electron chi connectivity index (χ0n) is 14.0. The number of nitrogens with one attached hydrogen (secondary N) is 1. The van der Waals surface area contributed by atoms with Gasteiger partial charge in [0.15, 0.2) is 5.57 Å². The van der Waals surface area contributed by atoms with Crippen molar-refractivity contribution in [3.8, 4) is 18.2 Å². The first-order valence-electron chi connectivity index (χ1n) is 7.93. The molecule has 0 bridgehead atoms. The van der Waals surface area contributed by atoms with Gasteiger partial charge in [0.25, 0.3) is 10.0 Å². The number of hydrogen-bond donors (Lipinski definition) is 1. The molecule has 0 atom stereocenters. The average Bonchev–Trinajstić information content (AvgIpc) is 3.13. The van der Waals surface area contributed by atoms with Crippen LogP contribution in [-0.4, -0.2) is 15.0 Å². The molecule has 0 amide bonds. The Morgan fingerprint density at radius 1 is 0.963 bits per heavy atom. The minimum absolute atomic E-state index is 0.119. The van der Waals surface area contributed by atoms with Crippen molar-refractivity contribution in [2.75, 3.05) is 16.2 Å². The molecule has 3 rings (SSSR count). The molecule has 0 unspecified atom stereocenters. The SMILES string of the molecule is N#CC(C#N)=C(C#N)Nc1ccc(S(=O)(=O)N2CCc3ccccc32)cc1. The van der Waals surface area contributed by atoms with Crippen LogP contribution in [-0.2, 0) is 16.4 Å². The van der Waals surface area contributed by atoms with Crippen molar-refractivity contribution >= 4 is 21.4 Å². The lowest BCUT2D eigenvalue weighted by molar-refractivity contribution is 0.592. The standard InChI is InChI=1S/C19H13N5O2S/c20-11-15(12-21)18(13-22)23-16-5-7-17(8-6-16)27(25,26)24-10-9-14-3-1-2-4-19(14)24/h1-8,23H,9-10H2. The van der Waals surface area contributed by atoms with Gasteiger partial charge < -0.3 is 5.32 Å². The van der Waals surface area contributed by atoms with E-state index in [1.165, 1.54) is 28.6 Å². The molecule has 27 heavy (non-hydrogen) atoms. The summed E-state index contributed by atoms with van der Waals surface area (Å²) >= 11 is 0.